The van der Waals surface area contributed by atoms with Crippen molar-refractivity contribution in [2.45, 2.75) is 12.8 Å². The van der Waals surface area contributed by atoms with E-state index in [-0.39, 0.29) is 17.1 Å². The average Bonchev–Trinajstić information content (AvgIpc) is 2.77. The van der Waals surface area contributed by atoms with Crippen LogP contribution in [0.1, 0.15) is 43.8 Å². The molecule has 1 aliphatic carbocycles. The monoisotopic (exact) mass is 416 g/mol. The Bertz CT molecular complexity index is 1240. The maximum absolute atomic E-state index is 13.3. The number of phenols is 1. The summed E-state index contributed by atoms with van der Waals surface area (Å²) in [4.78, 5) is 24.8. The zero-order chi connectivity index (χ0) is 22.0. The summed E-state index contributed by atoms with van der Waals surface area (Å²) in [6, 6.07) is 15.1. The van der Waals surface area contributed by atoms with Gasteiger partial charge >= 0.3 is 0 Å². The first-order valence-electron chi connectivity index (χ1n) is 9.75. The highest BCUT2D eigenvalue weighted by molar-refractivity contribution is 6.13. The summed E-state index contributed by atoms with van der Waals surface area (Å²) < 4.78 is 26.3. The zero-order valence-electron chi connectivity index (χ0n) is 16.4. The van der Waals surface area contributed by atoms with E-state index in [9.17, 15) is 23.5 Å². The maximum Gasteiger partial charge on any atom is 0.189 e. The average molecular weight is 416 g/mol. The molecule has 3 aromatic rings. The number of hydrogen-bond acceptors (Lipinski definition) is 3. The van der Waals surface area contributed by atoms with Crippen molar-refractivity contribution in [2.75, 3.05) is 0 Å². The second kappa shape index (κ2) is 8.48. The SMILES string of the molecule is O=C(/C=C/c1ccc(/C=C2\CCc3cc(O)ccc3C2=O)cc1)c1ccc(F)c(F)c1. The number of aryl methyl sites for hydroxylation is 1. The molecule has 5 heteroatoms. The van der Waals surface area contributed by atoms with Crippen LogP contribution in [0, 0.1) is 11.6 Å². The van der Waals surface area contributed by atoms with Crippen LogP contribution in [0.4, 0.5) is 8.78 Å². The molecule has 4 rings (SSSR count). The van der Waals surface area contributed by atoms with Crippen molar-refractivity contribution in [2.24, 2.45) is 0 Å². The molecule has 0 aromatic heterocycles. The first-order chi connectivity index (χ1) is 14.9. The molecule has 1 aliphatic rings. The highest BCUT2D eigenvalue weighted by Gasteiger charge is 2.22. The van der Waals surface area contributed by atoms with Gasteiger partial charge in [0.2, 0.25) is 0 Å². The van der Waals surface area contributed by atoms with Gasteiger partial charge in [0.25, 0.3) is 0 Å². The predicted octanol–water partition coefficient (Wildman–Crippen LogP) is 5.78. The lowest BCUT2D eigenvalue weighted by atomic mass is 9.86. The topological polar surface area (TPSA) is 54.4 Å². The van der Waals surface area contributed by atoms with Crippen molar-refractivity contribution in [1.29, 1.82) is 0 Å². The minimum Gasteiger partial charge on any atom is -0.508 e. The van der Waals surface area contributed by atoms with Crippen molar-refractivity contribution in [1.82, 2.24) is 0 Å². The fourth-order valence-electron chi connectivity index (χ4n) is 3.52. The number of phenolic OH excluding ortho intramolecular Hbond substituents is 1. The third kappa shape index (κ3) is 4.51. The highest BCUT2D eigenvalue weighted by Crippen LogP contribution is 2.29. The highest BCUT2D eigenvalue weighted by atomic mass is 19.2. The molecule has 0 amide bonds. The number of carbonyl (C=O) groups is 2. The Balaban J connectivity index is 1.47. The number of halogens is 2. The van der Waals surface area contributed by atoms with Gasteiger partial charge in [0, 0.05) is 16.7 Å². The predicted molar refractivity (Wildman–Crippen MR) is 115 cm³/mol. The maximum atomic E-state index is 13.3. The van der Waals surface area contributed by atoms with E-state index in [1.54, 1.807) is 30.3 Å². The van der Waals surface area contributed by atoms with Gasteiger partial charge in [0.05, 0.1) is 0 Å². The molecule has 0 unspecified atom stereocenters. The summed E-state index contributed by atoms with van der Waals surface area (Å²) >= 11 is 0. The Kier molecular flexibility index (Phi) is 5.58. The lowest BCUT2D eigenvalue weighted by Gasteiger charge is -2.17. The van der Waals surface area contributed by atoms with Gasteiger partial charge in [-0.15, -0.1) is 0 Å². The van der Waals surface area contributed by atoms with Crippen molar-refractivity contribution < 1.29 is 23.5 Å². The van der Waals surface area contributed by atoms with Crippen molar-refractivity contribution in [3.63, 3.8) is 0 Å². The number of carbonyl (C=O) groups excluding carboxylic acids is 2. The fraction of sp³-hybridized carbons (Fsp3) is 0.0769. The molecule has 0 radical (unpaired) electrons. The van der Waals surface area contributed by atoms with Gasteiger partial charge in [-0.25, -0.2) is 8.78 Å². The summed E-state index contributed by atoms with van der Waals surface area (Å²) in [6.45, 7) is 0. The lowest BCUT2D eigenvalue weighted by molar-refractivity contribution is 0.102. The summed E-state index contributed by atoms with van der Waals surface area (Å²) in [5.41, 5.74) is 3.86. The van der Waals surface area contributed by atoms with Gasteiger partial charge in [-0.05, 0) is 78.1 Å². The van der Waals surface area contributed by atoms with Crippen LogP contribution in [-0.4, -0.2) is 16.7 Å². The van der Waals surface area contributed by atoms with Crippen LogP contribution >= 0.6 is 0 Å². The standard InChI is InChI=1S/C26H18F2O3/c27-23-11-8-19(15-24(23)28)25(30)12-5-16-1-3-17(4-2-16)13-20-7-6-18-14-21(29)9-10-22(18)26(20)31/h1-5,8-15,29H,6-7H2/b12-5+,20-13+. The van der Waals surface area contributed by atoms with Crippen molar-refractivity contribution in [3.8, 4) is 5.75 Å². The van der Waals surface area contributed by atoms with Gasteiger partial charge in [-0.3, -0.25) is 9.59 Å². The quantitative estimate of drug-likeness (QED) is 0.433. The molecule has 0 heterocycles. The minimum absolute atomic E-state index is 0.0395. The van der Waals surface area contributed by atoms with Crippen LogP contribution in [0.25, 0.3) is 12.2 Å². The Morgan fingerprint density at radius 1 is 0.871 bits per heavy atom. The van der Waals surface area contributed by atoms with Gasteiger partial charge in [0.15, 0.2) is 23.2 Å². The molecule has 154 valence electrons. The smallest absolute Gasteiger partial charge is 0.189 e. The Labute approximate surface area is 178 Å². The number of ketones is 2. The second-order valence-corrected chi connectivity index (χ2v) is 7.33. The molecule has 1 N–H and O–H groups in total. The Morgan fingerprint density at radius 3 is 2.35 bits per heavy atom. The molecule has 0 atom stereocenters. The van der Waals surface area contributed by atoms with Crippen molar-refractivity contribution in [3.05, 3.63) is 112 Å². The van der Waals surface area contributed by atoms with Crippen LogP contribution in [0.15, 0.2) is 72.3 Å². The van der Waals surface area contributed by atoms with Gasteiger partial charge < -0.3 is 5.11 Å². The molecule has 0 saturated heterocycles. The third-order valence-corrected chi connectivity index (χ3v) is 5.20. The molecule has 3 aromatic carbocycles. The Morgan fingerprint density at radius 2 is 1.61 bits per heavy atom. The molecule has 0 fully saturated rings. The van der Waals surface area contributed by atoms with E-state index < -0.39 is 17.4 Å². The molecule has 3 nitrogen and oxygen atoms in total. The number of Topliss-reactive ketones (excluding diaryl/α,β-unsaturated/α-hetero) is 1. The number of allylic oxidation sites excluding steroid dienone is 2. The molecule has 0 saturated carbocycles. The van der Waals surface area contributed by atoms with E-state index in [1.165, 1.54) is 18.2 Å². The summed E-state index contributed by atoms with van der Waals surface area (Å²) in [5.74, 6) is -2.37. The molecule has 31 heavy (non-hydrogen) atoms. The van der Waals surface area contributed by atoms with E-state index >= 15 is 0 Å². The Hall–Kier alpha value is -3.86. The number of fused-ring (bicyclic) bond motifs is 1. The number of rotatable bonds is 4. The van der Waals surface area contributed by atoms with E-state index in [1.807, 2.05) is 18.2 Å². The summed E-state index contributed by atoms with van der Waals surface area (Å²) in [5, 5.41) is 9.58. The minimum atomic E-state index is -1.06. The largest absolute Gasteiger partial charge is 0.508 e. The van der Waals surface area contributed by atoms with Gasteiger partial charge in [0.1, 0.15) is 5.75 Å². The van der Waals surface area contributed by atoms with E-state index in [2.05, 4.69) is 0 Å². The molecular weight excluding hydrogens is 398 g/mol. The summed E-state index contributed by atoms with van der Waals surface area (Å²) in [6.07, 6.45) is 6.03. The second-order valence-electron chi connectivity index (χ2n) is 7.33. The van der Waals surface area contributed by atoms with Crippen LogP contribution < -0.4 is 0 Å². The van der Waals surface area contributed by atoms with Crippen LogP contribution in [-0.2, 0) is 6.42 Å². The van der Waals surface area contributed by atoms with Crippen LogP contribution in [0.5, 0.6) is 5.75 Å². The summed E-state index contributed by atoms with van der Waals surface area (Å²) in [7, 11) is 0. The number of hydrogen-bond donors (Lipinski definition) is 1. The fourth-order valence-corrected chi connectivity index (χ4v) is 3.52. The lowest BCUT2D eigenvalue weighted by Crippen LogP contribution is -2.13. The first kappa shape index (κ1) is 20.4. The van der Waals surface area contributed by atoms with E-state index in [4.69, 9.17) is 0 Å². The van der Waals surface area contributed by atoms with E-state index in [0.29, 0.717) is 24.0 Å². The number of benzene rings is 3. The molecule has 0 aliphatic heterocycles. The van der Waals surface area contributed by atoms with Crippen LogP contribution in [0.2, 0.25) is 0 Å². The van der Waals surface area contributed by atoms with E-state index in [0.717, 1.165) is 28.8 Å². The normalized spacial score (nSPS) is 14.8. The molecular formula is C26H18F2O3. The molecule has 0 spiro atoms. The van der Waals surface area contributed by atoms with Crippen molar-refractivity contribution >= 4 is 23.7 Å². The zero-order valence-corrected chi connectivity index (χ0v) is 16.4. The number of aromatic hydroxyl groups is 1. The van der Waals surface area contributed by atoms with Crippen LogP contribution in [0.3, 0.4) is 0 Å². The third-order valence-electron chi connectivity index (χ3n) is 5.20. The van der Waals surface area contributed by atoms with Gasteiger partial charge in [-0.2, -0.15) is 0 Å². The van der Waals surface area contributed by atoms with Gasteiger partial charge in [-0.1, -0.05) is 30.3 Å². The first-order valence-corrected chi connectivity index (χ1v) is 9.75. The molecule has 0 bridgehead atoms.